The summed E-state index contributed by atoms with van der Waals surface area (Å²) in [5, 5.41) is 3.32. The lowest BCUT2D eigenvalue weighted by Crippen LogP contribution is -2.28. The number of carbonyl (C=O) groups is 2. The van der Waals surface area contributed by atoms with E-state index >= 15 is 0 Å². The van der Waals surface area contributed by atoms with Crippen molar-refractivity contribution in [3.63, 3.8) is 0 Å². The van der Waals surface area contributed by atoms with Crippen molar-refractivity contribution in [2.24, 2.45) is 5.41 Å². The molecule has 0 saturated carbocycles. The maximum absolute atomic E-state index is 12.6. The van der Waals surface area contributed by atoms with Crippen molar-refractivity contribution in [2.45, 2.75) is 20.8 Å². The fraction of sp³-hybridized carbons (Fsp3) is 0.222. The van der Waals surface area contributed by atoms with Gasteiger partial charge in [0.15, 0.2) is 5.78 Å². The zero-order valence-corrected chi connectivity index (χ0v) is 13.6. The molecule has 2 aromatic carbocycles. The molecule has 0 radical (unpaired) electrons. The predicted octanol–water partition coefficient (Wildman–Crippen LogP) is 4.56. The minimum Gasteiger partial charge on any atom is -0.325 e. The molecule has 2 aromatic rings. The van der Waals surface area contributed by atoms with Gasteiger partial charge in [-0.1, -0.05) is 56.6 Å². The van der Waals surface area contributed by atoms with Gasteiger partial charge in [0, 0.05) is 21.6 Å². The summed E-state index contributed by atoms with van der Waals surface area (Å²) in [5.74, 6) is -0.314. The molecule has 2 rings (SSSR count). The molecule has 0 atom stereocenters. The van der Waals surface area contributed by atoms with Gasteiger partial charge in [0.25, 0.3) is 0 Å². The van der Waals surface area contributed by atoms with Crippen molar-refractivity contribution >= 4 is 29.0 Å². The number of para-hydroxylation sites is 1. The van der Waals surface area contributed by atoms with Crippen molar-refractivity contribution in [3.05, 3.63) is 64.7 Å². The van der Waals surface area contributed by atoms with Gasteiger partial charge < -0.3 is 5.32 Å². The van der Waals surface area contributed by atoms with Gasteiger partial charge in [0.1, 0.15) is 0 Å². The number of hydrogen-bond acceptors (Lipinski definition) is 2. The van der Waals surface area contributed by atoms with Gasteiger partial charge in [0.2, 0.25) is 5.91 Å². The van der Waals surface area contributed by atoms with Crippen LogP contribution in [-0.4, -0.2) is 11.7 Å². The first-order valence-corrected chi connectivity index (χ1v) is 7.37. The number of carbonyl (C=O) groups excluding carboxylic acids is 2. The standard InChI is InChI=1S/C18H18ClNO2/c1-18(2,3)17(22)20-15-10-5-4-9-14(15)16(21)12-7-6-8-13(19)11-12/h4-11H,1-3H3,(H,20,22). The highest BCUT2D eigenvalue weighted by atomic mass is 35.5. The molecule has 0 fully saturated rings. The third kappa shape index (κ3) is 3.74. The third-order valence-corrected chi connectivity index (χ3v) is 3.42. The Morgan fingerprint density at radius 1 is 1.00 bits per heavy atom. The second-order valence-corrected chi connectivity index (χ2v) is 6.53. The van der Waals surface area contributed by atoms with E-state index in [-0.39, 0.29) is 11.7 Å². The summed E-state index contributed by atoms with van der Waals surface area (Å²) in [7, 11) is 0. The number of anilines is 1. The van der Waals surface area contributed by atoms with Crippen LogP contribution in [0.15, 0.2) is 48.5 Å². The molecule has 0 spiro atoms. The van der Waals surface area contributed by atoms with Crippen molar-refractivity contribution in [3.8, 4) is 0 Å². The number of hydrogen-bond donors (Lipinski definition) is 1. The summed E-state index contributed by atoms with van der Waals surface area (Å²) < 4.78 is 0. The average molecular weight is 316 g/mol. The summed E-state index contributed by atoms with van der Waals surface area (Å²) in [6, 6.07) is 13.7. The Kier molecular flexibility index (Phi) is 4.67. The van der Waals surface area contributed by atoms with Gasteiger partial charge in [0.05, 0.1) is 5.69 Å². The number of ketones is 1. The van der Waals surface area contributed by atoms with Gasteiger partial charge in [-0.05, 0) is 24.3 Å². The van der Waals surface area contributed by atoms with Gasteiger partial charge >= 0.3 is 0 Å². The number of rotatable bonds is 3. The van der Waals surface area contributed by atoms with Crippen LogP contribution >= 0.6 is 11.6 Å². The predicted molar refractivity (Wildman–Crippen MR) is 89.4 cm³/mol. The highest BCUT2D eigenvalue weighted by molar-refractivity contribution is 6.31. The molecule has 3 nitrogen and oxygen atoms in total. The van der Waals surface area contributed by atoms with Crippen molar-refractivity contribution in [1.82, 2.24) is 0 Å². The van der Waals surface area contributed by atoms with Crippen LogP contribution < -0.4 is 5.32 Å². The van der Waals surface area contributed by atoms with Crippen LogP contribution in [0.4, 0.5) is 5.69 Å². The number of benzene rings is 2. The van der Waals surface area contributed by atoms with Crippen LogP contribution in [0.5, 0.6) is 0 Å². The van der Waals surface area contributed by atoms with E-state index in [1.54, 1.807) is 48.5 Å². The summed E-state index contributed by atoms with van der Waals surface area (Å²) >= 11 is 5.94. The zero-order chi connectivity index (χ0) is 16.3. The first-order chi connectivity index (χ1) is 10.3. The van der Waals surface area contributed by atoms with E-state index < -0.39 is 5.41 Å². The highest BCUT2D eigenvalue weighted by Crippen LogP contribution is 2.23. The molecular weight excluding hydrogens is 298 g/mol. The van der Waals surface area contributed by atoms with E-state index in [0.29, 0.717) is 21.8 Å². The Morgan fingerprint density at radius 2 is 1.68 bits per heavy atom. The van der Waals surface area contributed by atoms with Crippen LogP contribution in [0.3, 0.4) is 0 Å². The summed E-state index contributed by atoms with van der Waals surface area (Å²) in [6.07, 6.45) is 0. The van der Waals surface area contributed by atoms with Gasteiger partial charge in [-0.15, -0.1) is 0 Å². The topological polar surface area (TPSA) is 46.2 Å². The molecule has 0 bridgehead atoms. The van der Waals surface area contributed by atoms with Gasteiger partial charge in [-0.25, -0.2) is 0 Å². The molecule has 114 valence electrons. The Morgan fingerprint density at radius 3 is 2.32 bits per heavy atom. The van der Waals surface area contributed by atoms with E-state index in [2.05, 4.69) is 5.32 Å². The van der Waals surface area contributed by atoms with E-state index in [0.717, 1.165) is 0 Å². The molecule has 4 heteroatoms. The molecule has 1 amide bonds. The first kappa shape index (κ1) is 16.2. The molecule has 0 heterocycles. The lowest BCUT2D eigenvalue weighted by molar-refractivity contribution is -0.123. The number of nitrogens with one attached hydrogen (secondary N) is 1. The monoisotopic (exact) mass is 315 g/mol. The Balaban J connectivity index is 2.36. The molecule has 0 unspecified atom stereocenters. The smallest absolute Gasteiger partial charge is 0.229 e. The molecule has 0 saturated heterocycles. The Labute approximate surface area is 135 Å². The van der Waals surface area contributed by atoms with Crippen LogP contribution in [-0.2, 0) is 4.79 Å². The molecule has 1 N–H and O–H groups in total. The quantitative estimate of drug-likeness (QED) is 0.844. The lowest BCUT2D eigenvalue weighted by atomic mass is 9.95. The fourth-order valence-corrected chi connectivity index (χ4v) is 2.08. The van der Waals surface area contributed by atoms with Crippen LogP contribution in [0.2, 0.25) is 5.02 Å². The fourth-order valence-electron chi connectivity index (χ4n) is 1.89. The van der Waals surface area contributed by atoms with Crippen LogP contribution in [0.1, 0.15) is 36.7 Å². The van der Waals surface area contributed by atoms with E-state index in [1.807, 2.05) is 20.8 Å². The van der Waals surface area contributed by atoms with Crippen molar-refractivity contribution < 1.29 is 9.59 Å². The molecular formula is C18H18ClNO2. The second kappa shape index (κ2) is 6.32. The zero-order valence-electron chi connectivity index (χ0n) is 12.8. The second-order valence-electron chi connectivity index (χ2n) is 6.09. The minimum atomic E-state index is -0.536. The van der Waals surface area contributed by atoms with Crippen molar-refractivity contribution in [1.29, 1.82) is 0 Å². The highest BCUT2D eigenvalue weighted by Gasteiger charge is 2.23. The molecule has 0 aliphatic heterocycles. The SMILES string of the molecule is CC(C)(C)C(=O)Nc1ccccc1C(=O)c1cccc(Cl)c1. The van der Waals surface area contributed by atoms with Crippen LogP contribution in [0.25, 0.3) is 0 Å². The number of halogens is 1. The average Bonchev–Trinajstić information content (AvgIpc) is 2.46. The molecule has 0 aliphatic carbocycles. The van der Waals surface area contributed by atoms with E-state index in [4.69, 9.17) is 11.6 Å². The molecule has 0 aromatic heterocycles. The summed E-state index contributed by atoms with van der Waals surface area (Å²) in [4.78, 5) is 24.8. The maximum atomic E-state index is 12.6. The minimum absolute atomic E-state index is 0.140. The molecule has 0 aliphatic rings. The summed E-state index contributed by atoms with van der Waals surface area (Å²) in [5.41, 5.74) is 0.909. The summed E-state index contributed by atoms with van der Waals surface area (Å²) in [6.45, 7) is 5.47. The van der Waals surface area contributed by atoms with E-state index in [1.165, 1.54) is 0 Å². The maximum Gasteiger partial charge on any atom is 0.229 e. The first-order valence-electron chi connectivity index (χ1n) is 7.00. The largest absolute Gasteiger partial charge is 0.325 e. The van der Waals surface area contributed by atoms with Gasteiger partial charge in [-0.2, -0.15) is 0 Å². The lowest BCUT2D eigenvalue weighted by Gasteiger charge is -2.19. The van der Waals surface area contributed by atoms with E-state index in [9.17, 15) is 9.59 Å². The van der Waals surface area contributed by atoms with Crippen LogP contribution in [0, 0.1) is 5.41 Å². The van der Waals surface area contributed by atoms with Crippen molar-refractivity contribution in [2.75, 3.05) is 5.32 Å². The molecule has 22 heavy (non-hydrogen) atoms. The Hall–Kier alpha value is -2.13. The third-order valence-electron chi connectivity index (χ3n) is 3.19. The normalized spacial score (nSPS) is 11.1. The number of amides is 1. The Bertz CT molecular complexity index is 717. The van der Waals surface area contributed by atoms with Gasteiger partial charge in [-0.3, -0.25) is 9.59 Å².